The van der Waals surface area contributed by atoms with Gasteiger partial charge in [-0.25, -0.2) is 0 Å². The zero-order valence-electron chi connectivity index (χ0n) is 11.9. The average molecular weight is 271 g/mol. The number of fused-ring (bicyclic) bond motifs is 1. The Labute approximate surface area is 119 Å². The van der Waals surface area contributed by atoms with E-state index in [9.17, 15) is 0 Å². The highest BCUT2D eigenvalue weighted by Gasteiger charge is 2.16. The number of pyridine rings is 1. The van der Waals surface area contributed by atoms with Gasteiger partial charge < -0.3 is 15.0 Å². The van der Waals surface area contributed by atoms with E-state index in [2.05, 4.69) is 46.5 Å². The van der Waals surface area contributed by atoms with E-state index in [1.54, 1.807) is 0 Å². The molecule has 0 spiro atoms. The van der Waals surface area contributed by atoms with Crippen LogP contribution in [-0.4, -0.2) is 49.3 Å². The molecule has 1 aliphatic rings. The molecule has 0 amide bonds. The Morgan fingerprint density at radius 1 is 1.35 bits per heavy atom. The molecule has 2 heterocycles. The quantitative estimate of drug-likeness (QED) is 0.917. The Morgan fingerprint density at radius 3 is 3.15 bits per heavy atom. The minimum Gasteiger partial charge on any atom is -0.374 e. The molecule has 3 rings (SSSR count). The van der Waals surface area contributed by atoms with Crippen molar-refractivity contribution in [1.82, 2.24) is 15.2 Å². The molecule has 1 aliphatic heterocycles. The van der Waals surface area contributed by atoms with Crippen LogP contribution in [0.3, 0.4) is 0 Å². The van der Waals surface area contributed by atoms with Gasteiger partial charge in [0.15, 0.2) is 0 Å². The molecule has 0 saturated carbocycles. The van der Waals surface area contributed by atoms with Crippen LogP contribution in [-0.2, 0) is 11.3 Å². The van der Waals surface area contributed by atoms with Gasteiger partial charge in [-0.2, -0.15) is 0 Å². The number of ether oxygens (including phenoxy) is 1. The summed E-state index contributed by atoms with van der Waals surface area (Å²) in [6, 6.07) is 10.4. The summed E-state index contributed by atoms with van der Waals surface area (Å²) in [5.74, 6) is 0. The van der Waals surface area contributed by atoms with Gasteiger partial charge in [0.05, 0.1) is 18.2 Å². The summed E-state index contributed by atoms with van der Waals surface area (Å²) < 4.78 is 5.75. The lowest BCUT2D eigenvalue weighted by Crippen LogP contribution is -2.44. The van der Waals surface area contributed by atoms with E-state index in [1.807, 2.05) is 12.3 Å². The minimum atomic E-state index is 0.289. The second-order valence-electron chi connectivity index (χ2n) is 5.38. The second-order valence-corrected chi connectivity index (χ2v) is 5.38. The molecule has 1 saturated heterocycles. The molecule has 0 bridgehead atoms. The number of morpholine rings is 1. The number of benzene rings is 1. The second kappa shape index (κ2) is 6.31. The Kier molecular flexibility index (Phi) is 4.25. The third-order valence-electron chi connectivity index (χ3n) is 3.75. The normalized spacial score (nSPS) is 20.4. The van der Waals surface area contributed by atoms with Crippen LogP contribution in [0.15, 0.2) is 36.5 Å². The van der Waals surface area contributed by atoms with Crippen LogP contribution in [0.2, 0.25) is 0 Å². The van der Waals surface area contributed by atoms with Crippen LogP contribution in [0.25, 0.3) is 10.9 Å². The molecule has 4 heteroatoms. The van der Waals surface area contributed by atoms with Gasteiger partial charge in [-0.1, -0.05) is 24.3 Å². The summed E-state index contributed by atoms with van der Waals surface area (Å²) in [6.07, 6.45) is 2.14. The van der Waals surface area contributed by atoms with Crippen LogP contribution in [0.4, 0.5) is 0 Å². The van der Waals surface area contributed by atoms with Gasteiger partial charge in [0.1, 0.15) is 0 Å². The first-order valence-corrected chi connectivity index (χ1v) is 7.16. The van der Waals surface area contributed by atoms with E-state index in [1.165, 1.54) is 10.9 Å². The Balaban J connectivity index is 1.60. The number of rotatable bonds is 4. The fourth-order valence-electron chi connectivity index (χ4n) is 2.67. The van der Waals surface area contributed by atoms with E-state index in [0.717, 1.165) is 38.3 Å². The Morgan fingerprint density at radius 2 is 2.25 bits per heavy atom. The maximum Gasteiger partial charge on any atom is 0.0826 e. The molecule has 1 N–H and O–H groups in total. The molecule has 1 fully saturated rings. The first kappa shape index (κ1) is 13.5. The zero-order chi connectivity index (χ0) is 13.8. The van der Waals surface area contributed by atoms with Gasteiger partial charge in [-0.3, -0.25) is 4.98 Å². The fourth-order valence-corrected chi connectivity index (χ4v) is 2.67. The van der Waals surface area contributed by atoms with Gasteiger partial charge in [-0.05, 0) is 18.7 Å². The molecule has 1 aromatic carbocycles. The smallest absolute Gasteiger partial charge is 0.0826 e. The molecule has 1 unspecified atom stereocenters. The highest BCUT2D eigenvalue weighted by atomic mass is 16.5. The first-order chi connectivity index (χ1) is 9.83. The van der Waals surface area contributed by atoms with E-state index in [-0.39, 0.29) is 6.10 Å². The number of nitrogens with zero attached hydrogens (tertiary/aromatic N) is 2. The van der Waals surface area contributed by atoms with Crippen molar-refractivity contribution in [2.75, 3.05) is 33.3 Å². The Hall–Kier alpha value is -1.49. The lowest BCUT2D eigenvalue weighted by molar-refractivity contribution is -0.0182. The standard InChI is InChI=1S/C16H21N3O/c1-19-8-9-20-15(12-19)11-17-10-14-5-2-4-13-6-3-7-18-16(13)14/h2-7,15,17H,8-12H2,1H3. The highest BCUT2D eigenvalue weighted by Crippen LogP contribution is 2.15. The van der Waals surface area contributed by atoms with E-state index >= 15 is 0 Å². The molecule has 0 radical (unpaired) electrons. The summed E-state index contributed by atoms with van der Waals surface area (Å²) in [6.45, 7) is 4.58. The van der Waals surface area contributed by atoms with Crippen molar-refractivity contribution in [2.24, 2.45) is 0 Å². The van der Waals surface area contributed by atoms with Crippen LogP contribution in [0.5, 0.6) is 0 Å². The van der Waals surface area contributed by atoms with Crippen molar-refractivity contribution in [3.05, 3.63) is 42.1 Å². The predicted molar refractivity (Wildman–Crippen MR) is 80.7 cm³/mol. The summed E-state index contributed by atoms with van der Waals surface area (Å²) in [7, 11) is 2.14. The summed E-state index contributed by atoms with van der Waals surface area (Å²) in [5.41, 5.74) is 2.33. The van der Waals surface area contributed by atoms with E-state index in [4.69, 9.17) is 4.74 Å². The lowest BCUT2D eigenvalue weighted by Gasteiger charge is -2.30. The maximum atomic E-state index is 5.75. The molecular formula is C16H21N3O. The maximum absolute atomic E-state index is 5.75. The molecule has 20 heavy (non-hydrogen) atoms. The van der Waals surface area contributed by atoms with Gasteiger partial charge in [0.25, 0.3) is 0 Å². The molecule has 1 aromatic heterocycles. The fraction of sp³-hybridized carbons (Fsp3) is 0.438. The van der Waals surface area contributed by atoms with Crippen molar-refractivity contribution in [3.8, 4) is 0 Å². The largest absolute Gasteiger partial charge is 0.374 e. The number of likely N-dealkylation sites (N-methyl/N-ethyl adjacent to an activating group) is 1. The summed E-state index contributed by atoms with van der Waals surface area (Å²) in [4.78, 5) is 6.79. The van der Waals surface area contributed by atoms with Crippen LogP contribution in [0, 0.1) is 0 Å². The van der Waals surface area contributed by atoms with E-state index < -0.39 is 0 Å². The number of aromatic nitrogens is 1. The monoisotopic (exact) mass is 271 g/mol. The third-order valence-corrected chi connectivity index (χ3v) is 3.75. The first-order valence-electron chi connectivity index (χ1n) is 7.16. The summed E-state index contributed by atoms with van der Waals surface area (Å²) >= 11 is 0. The topological polar surface area (TPSA) is 37.4 Å². The number of nitrogens with one attached hydrogen (secondary N) is 1. The lowest BCUT2D eigenvalue weighted by atomic mass is 10.1. The van der Waals surface area contributed by atoms with Gasteiger partial charge in [-0.15, -0.1) is 0 Å². The van der Waals surface area contributed by atoms with Crippen molar-refractivity contribution in [1.29, 1.82) is 0 Å². The van der Waals surface area contributed by atoms with Gasteiger partial charge in [0.2, 0.25) is 0 Å². The SMILES string of the molecule is CN1CCOC(CNCc2cccc3cccnc23)C1. The molecule has 106 valence electrons. The molecule has 4 nitrogen and oxygen atoms in total. The van der Waals surface area contributed by atoms with Crippen molar-refractivity contribution in [3.63, 3.8) is 0 Å². The predicted octanol–water partition coefficient (Wildman–Crippen LogP) is 1.65. The van der Waals surface area contributed by atoms with Crippen molar-refractivity contribution in [2.45, 2.75) is 12.6 Å². The highest BCUT2D eigenvalue weighted by molar-refractivity contribution is 5.81. The number of hydrogen-bond donors (Lipinski definition) is 1. The number of hydrogen-bond acceptors (Lipinski definition) is 4. The van der Waals surface area contributed by atoms with Crippen molar-refractivity contribution < 1.29 is 4.74 Å². The molecule has 2 aromatic rings. The average Bonchev–Trinajstić information content (AvgIpc) is 2.48. The zero-order valence-corrected chi connectivity index (χ0v) is 11.9. The third kappa shape index (κ3) is 3.15. The Bertz CT molecular complexity index is 567. The van der Waals surface area contributed by atoms with E-state index in [0.29, 0.717) is 0 Å². The van der Waals surface area contributed by atoms with Gasteiger partial charge in [0, 0.05) is 37.8 Å². The minimum absolute atomic E-state index is 0.289. The van der Waals surface area contributed by atoms with Gasteiger partial charge >= 0.3 is 0 Å². The molecule has 1 atom stereocenters. The number of para-hydroxylation sites is 1. The molecule has 0 aliphatic carbocycles. The summed E-state index contributed by atoms with van der Waals surface area (Å²) in [5, 5.41) is 4.69. The molecular weight excluding hydrogens is 250 g/mol. The van der Waals surface area contributed by atoms with Crippen LogP contribution >= 0.6 is 0 Å². The van der Waals surface area contributed by atoms with Crippen molar-refractivity contribution >= 4 is 10.9 Å². The van der Waals surface area contributed by atoms with Crippen LogP contribution in [0.1, 0.15) is 5.56 Å². The van der Waals surface area contributed by atoms with Crippen LogP contribution < -0.4 is 5.32 Å².